The number of carbonyl (C=O) groups excluding carboxylic acids is 1. The van der Waals surface area contributed by atoms with Gasteiger partial charge in [0, 0.05) is 0 Å². The van der Waals surface area contributed by atoms with E-state index in [4.69, 9.17) is 16.4 Å². The fraction of sp³-hybridized carbons (Fsp3) is 0.350. The lowest BCUT2D eigenvalue weighted by atomic mass is 10.1. The number of hydrogen-bond donors (Lipinski definition) is 2. The molecule has 1 aliphatic rings. The molecule has 0 bridgehead atoms. The Morgan fingerprint density at radius 2 is 1.93 bits per heavy atom. The third kappa shape index (κ3) is 5.65. The Balaban J connectivity index is 0.00000126. The Morgan fingerprint density at radius 1 is 1.22 bits per heavy atom. The van der Waals surface area contributed by atoms with Crippen molar-refractivity contribution in [3.63, 3.8) is 0 Å². The maximum atomic E-state index is 14.3. The Bertz CT molecular complexity index is 811. The average molecular weight is 397 g/mol. The summed E-state index contributed by atoms with van der Waals surface area (Å²) in [5.41, 5.74) is 3.18. The van der Waals surface area contributed by atoms with E-state index < -0.39 is 17.5 Å². The molecule has 27 heavy (non-hydrogen) atoms. The van der Waals surface area contributed by atoms with Gasteiger partial charge in [-0.3, -0.25) is 9.63 Å². The molecule has 146 valence electrons. The standard InChI is InChI=1S/C18H17ClF2N2O2.C2H6/c1-10-2-7-15(13(19)8-10)22-17-12(5-6-14(20)16(17)21)18(24)23-25-9-11-3-4-11;1-2/h2,5-8,11,22H,3-4,9H2,1H3,(H,23,24);1-2H3. The van der Waals surface area contributed by atoms with E-state index in [2.05, 4.69) is 10.8 Å². The van der Waals surface area contributed by atoms with Crippen LogP contribution in [-0.2, 0) is 4.84 Å². The number of aryl methyl sites for hydroxylation is 1. The molecule has 0 spiro atoms. The summed E-state index contributed by atoms with van der Waals surface area (Å²) in [4.78, 5) is 17.4. The minimum Gasteiger partial charge on any atom is -0.351 e. The molecule has 0 radical (unpaired) electrons. The van der Waals surface area contributed by atoms with E-state index in [-0.39, 0.29) is 11.3 Å². The number of halogens is 3. The molecule has 1 aliphatic carbocycles. The molecule has 0 atom stereocenters. The quantitative estimate of drug-likeness (QED) is 0.609. The summed E-state index contributed by atoms with van der Waals surface area (Å²) in [7, 11) is 0. The van der Waals surface area contributed by atoms with Gasteiger partial charge in [0.1, 0.15) is 0 Å². The van der Waals surface area contributed by atoms with Crippen LogP contribution in [0.25, 0.3) is 0 Å². The number of rotatable bonds is 6. The van der Waals surface area contributed by atoms with Crippen LogP contribution in [0.1, 0.15) is 42.6 Å². The van der Waals surface area contributed by atoms with Gasteiger partial charge in [-0.15, -0.1) is 0 Å². The summed E-state index contributed by atoms with van der Waals surface area (Å²) in [6, 6.07) is 7.17. The number of nitrogens with one attached hydrogen (secondary N) is 2. The van der Waals surface area contributed by atoms with Gasteiger partial charge in [-0.25, -0.2) is 14.3 Å². The Hall–Kier alpha value is -2.18. The van der Waals surface area contributed by atoms with Crippen molar-refractivity contribution >= 4 is 28.9 Å². The molecular formula is C20H23ClF2N2O2. The zero-order valence-corrected chi connectivity index (χ0v) is 16.3. The predicted molar refractivity (Wildman–Crippen MR) is 103 cm³/mol. The van der Waals surface area contributed by atoms with Crippen LogP contribution in [-0.4, -0.2) is 12.5 Å². The smallest absolute Gasteiger partial charge is 0.277 e. The van der Waals surface area contributed by atoms with E-state index in [0.717, 1.165) is 24.5 Å². The number of amides is 1. The molecule has 0 unspecified atom stereocenters. The Labute approximate surface area is 162 Å². The molecule has 0 heterocycles. The van der Waals surface area contributed by atoms with Gasteiger partial charge >= 0.3 is 0 Å². The SMILES string of the molecule is CC.Cc1ccc(Nc2c(C(=O)NOCC3CC3)ccc(F)c2F)c(Cl)c1. The van der Waals surface area contributed by atoms with Crippen LogP contribution >= 0.6 is 11.6 Å². The number of hydrogen-bond acceptors (Lipinski definition) is 3. The van der Waals surface area contributed by atoms with E-state index in [1.165, 1.54) is 6.07 Å². The van der Waals surface area contributed by atoms with Crippen molar-refractivity contribution in [2.45, 2.75) is 33.6 Å². The van der Waals surface area contributed by atoms with Crippen LogP contribution in [0.15, 0.2) is 30.3 Å². The van der Waals surface area contributed by atoms with Gasteiger partial charge in [0.05, 0.1) is 28.6 Å². The highest BCUT2D eigenvalue weighted by atomic mass is 35.5. The summed E-state index contributed by atoms with van der Waals surface area (Å²) in [6.45, 7) is 6.26. The van der Waals surface area contributed by atoms with Gasteiger partial charge in [0.2, 0.25) is 0 Å². The number of carbonyl (C=O) groups is 1. The monoisotopic (exact) mass is 396 g/mol. The van der Waals surface area contributed by atoms with Gasteiger partial charge < -0.3 is 5.32 Å². The molecule has 1 saturated carbocycles. The predicted octanol–water partition coefficient (Wildman–Crippen LogP) is 5.77. The third-order valence-corrected chi connectivity index (χ3v) is 4.22. The van der Waals surface area contributed by atoms with E-state index in [1.807, 2.05) is 20.8 Å². The summed E-state index contributed by atoms with van der Waals surface area (Å²) in [6.07, 6.45) is 2.14. The van der Waals surface area contributed by atoms with Gasteiger partial charge in [0.15, 0.2) is 11.6 Å². The van der Waals surface area contributed by atoms with Gasteiger partial charge in [-0.2, -0.15) is 0 Å². The first kappa shape index (κ1) is 21.1. The topological polar surface area (TPSA) is 50.4 Å². The van der Waals surface area contributed by atoms with Crippen molar-refractivity contribution in [2.75, 3.05) is 11.9 Å². The fourth-order valence-corrected chi connectivity index (χ4v) is 2.57. The molecule has 1 amide bonds. The number of anilines is 2. The van der Waals surface area contributed by atoms with Crippen molar-refractivity contribution in [3.05, 3.63) is 58.1 Å². The highest BCUT2D eigenvalue weighted by molar-refractivity contribution is 6.33. The van der Waals surface area contributed by atoms with Crippen LogP contribution in [0.4, 0.5) is 20.2 Å². The van der Waals surface area contributed by atoms with E-state index in [0.29, 0.717) is 23.2 Å². The van der Waals surface area contributed by atoms with Crippen molar-refractivity contribution in [1.82, 2.24) is 5.48 Å². The van der Waals surface area contributed by atoms with Crippen molar-refractivity contribution in [2.24, 2.45) is 5.92 Å². The zero-order valence-electron chi connectivity index (χ0n) is 15.5. The third-order valence-electron chi connectivity index (χ3n) is 3.90. The summed E-state index contributed by atoms with van der Waals surface area (Å²) in [5, 5.41) is 3.04. The minimum absolute atomic E-state index is 0.0775. The number of benzene rings is 2. The first-order valence-electron chi connectivity index (χ1n) is 8.89. The minimum atomic E-state index is -1.16. The molecule has 3 rings (SSSR count). The summed E-state index contributed by atoms with van der Waals surface area (Å²) >= 11 is 6.12. The molecule has 2 aromatic carbocycles. The first-order valence-corrected chi connectivity index (χ1v) is 9.27. The molecule has 0 aromatic heterocycles. The van der Waals surface area contributed by atoms with Crippen molar-refractivity contribution in [1.29, 1.82) is 0 Å². The Morgan fingerprint density at radius 3 is 2.56 bits per heavy atom. The van der Waals surface area contributed by atoms with Crippen LogP contribution in [0.5, 0.6) is 0 Å². The maximum absolute atomic E-state index is 14.3. The molecule has 4 nitrogen and oxygen atoms in total. The van der Waals surface area contributed by atoms with Crippen LogP contribution in [0, 0.1) is 24.5 Å². The van der Waals surface area contributed by atoms with Gasteiger partial charge in [-0.1, -0.05) is 31.5 Å². The van der Waals surface area contributed by atoms with E-state index in [9.17, 15) is 13.6 Å². The van der Waals surface area contributed by atoms with Crippen LogP contribution in [0.3, 0.4) is 0 Å². The second kappa shape index (κ2) is 9.67. The highest BCUT2D eigenvalue weighted by Crippen LogP contribution is 2.31. The van der Waals surface area contributed by atoms with Gasteiger partial charge in [0.25, 0.3) is 5.91 Å². The maximum Gasteiger partial charge on any atom is 0.277 e. The lowest BCUT2D eigenvalue weighted by Gasteiger charge is -2.15. The largest absolute Gasteiger partial charge is 0.351 e. The van der Waals surface area contributed by atoms with E-state index in [1.54, 1.807) is 18.2 Å². The van der Waals surface area contributed by atoms with Crippen molar-refractivity contribution < 1.29 is 18.4 Å². The second-order valence-electron chi connectivity index (χ2n) is 6.08. The fourth-order valence-electron chi connectivity index (χ4n) is 2.28. The molecule has 2 N–H and O–H groups in total. The molecule has 2 aromatic rings. The lowest BCUT2D eigenvalue weighted by Crippen LogP contribution is -2.26. The summed E-state index contributed by atoms with van der Waals surface area (Å²) < 4.78 is 27.9. The first-order chi connectivity index (χ1) is 13.0. The second-order valence-corrected chi connectivity index (χ2v) is 6.48. The molecule has 1 fully saturated rings. The van der Waals surface area contributed by atoms with Crippen LogP contribution in [0.2, 0.25) is 5.02 Å². The molecule has 0 aliphatic heterocycles. The Kier molecular flexibility index (Phi) is 7.56. The average Bonchev–Trinajstić information content (AvgIpc) is 3.47. The molecule has 0 saturated heterocycles. The highest BCUT2D eigenvalue weighted by Gasteiger charge is 2.23. The van der Waals surface area contributed by atoms with E-state index >= 15 is 0 Å². The van der Waals surface area contributed by atoms with Crippen molar-refractivity contribution in [3.8, 4) is 0 Å². The normalized spacial score (nSPS) is 12.8. The van der Waals surface area contributed by atoms with Gasteiger partial charge in [-0.05, 0) is 55.5 Å². The zero-order chi connectivity index (χ0) is 20.0. The number of hydroxylamine groups is 1. The van der Waals surface area contributed by atoms with Crippen LogP contribution < -0.4 is 10.8 Å². The lowest BCUT2D eigenvalue weighted by molar-refractivity contribution is 0.0270. The molecule has 7 heteroatoms. The molecular weight excluding hydrogens is 374 g/mol. The summed E-state index contributed by atoms with van der Waals surface area (Å²) in [5.74, 6) is -2.44.